The zero-order valence-electron chi connectivity index (χ0n) is 55.6. The Kier molecular flexibility index (Phi) is 31.1. The van der Waals surface area contributed by atoms with Crippen molar-refractivity contribution < 1.29 is 74.7 Å². The molecule has 9 N–H and O–H groups in total. The van der Waals surface area contributed by atoms with Gasteiger partial charge in [0.05, 0.1) is 18.1 Å². The molecule has 0 amide bonds. The van der Waals surface area contributed by atoms with Gasteiger partial charge in [0, 0.05) is 42.0 Å². The van der Waals surface area contributed by atoms with E-state index in [2.05, 4.69) is 6.58 Å². The summed E-state index contributed by atoms with van der Waals surface area (Å²) in [5, 5.41) is 93.0. The van der Waals surface area contributed by atoms with E-state index in [0.717, 1.165) is 39.0 Å². The summed E-state index contributed by atoms with van der Waals surface area (Å²) in [6.45, 7) is 36.9. The Hall–Kier alpha value is -8.01. The van der Waals surface area contributed by atoms with Crippen LogP contribution in [0, 0.1) is 17.3 Å². The summed E-state index contributed by atoms with van der Waals surface area (Å²) in [6.07, 6.45) is 16.6. The highest BCUT2D eigenvalue weighted by atomic mass is 16.5. The van der Waals surface area contributed by atoms with Gasteiger partial charge in [0.25, 0.3) is 0 Å². The Bertz CT molecular complexity index is 3190. The molecule has 0 saturated carbocycles. The summed E-state index contributed by atoms with van der Waals surface area (Å²) < 4.78 is 5.15. The van der Waals surface area contributed by atoms with Crippen molar-refractivity contribution in [1.82, 2.24) is 0 Å². The molecule has 1 atom stereocenters. The van der Waals surface area contributed by atoms with Gasteiger partial charge >= 0.3 is 0 Å². The van der Waals surface area contributed by atoms with Crippen molar-refractivity contribution in [1.29, 1.82) is 0 Å². The molecule has 0 unspecified atom stereocenters. The highest BCUT2D eigenvalue weighted by Crippen LogP contribution is 2.47. The number of benzene rings is 2. The number of aliphatic hydroxyl groups is 6. The summed E-state index contributed by atoms with van der Waals surface area (Å²) in [5.41, 5.74) is 2.37. The maximum atomic E-state index is 13.7. The zero-order valence-corrected chi connectivity index (χ0v) is 55.6. The van der Waals surface area contributed by atoms with Gasteiger partial charge in [0.15, 0.2) is 28.7 Å². The lowest BCUT2D eigenvalue weighted by molar-refractivity contribution is -0.135. The Morgan fingerprint density at radius 3 is 1.36 bits per heavy atom. The highest BCUT2D eigenvalue weighted by Gasteiger charge is 2.51. The summed E-state index contributed by atoms with van der Waals surface area (Å²) in [5.74, 6) is -4.54. The van der Waals surface area contributed by atoms with Crippen LogP contribution in [0.25, 0.3) is 6.08 Å². The van der Waals surface area contributed by atoms with Gasteiger partial charge in [-0.2, -0.15) is 0 Å². The van der Waals surface area contributed by atoms with Crippen LogP contribution >= 0.6 is 0 Å². The van der Waals surface area contributed by atoms with Gasteiger partial charge in [-0.25, -0.2) is 0 Å². The number of aromatic hydroxyl groups is 3. The molecule has 482 valence electrons. The molecule has 0 radical (unpaired) electrons. The van der Waals surface area contributed by atoms with E-state index < -0.39 is 56.8 Å². The topological polar surface area (TPSA) is 277 Å². The van der Waals surface area contributed by atoms with E-state index in [1.165, 1.54) is 37.5 Å². The van der Waals surface area contributed by atoms with Crippen molar-refractivity contribution in [2.24, 2.45) is 17.3 Å². The molecule has 88 heavy (non-hydrogen) atoms. The molecule has 0 aliphatic heterocycles. The van der Waals surface area contributed by atoms with Gasteiger partial charge in [-0.1, -0.05) is 122 Å². The largest absolute Gasteiger partial charge is 0.511 e. The minimum absolute atomic E-state index is 0.00233. The SMILES string of the molecule is C=CC(C)(C)O.CC(C)=CCC1=C(O)C(CC=C(C)C)(CC=C(C)C)C(=O)C(C(=O)CC(C)C)=C1O.CC(C)=CCC1=C(O)[C@](O)(CC=C(C)C)C(=O)C(C(=O)CC(C)C)=C1O.COc1cc(O)c(CC=C(C)C)c(O)c1C(=O)/C=C/c1ccc(O)cc1. The number of hydrogen-bond donors (Lipinski definition) is 9. The van der Waals surface area contributed by atoms with Gasteiger partial charge in [-0.3, -0.25) is 24.0 Å². The van der Waals surface area contributed by atoms with Crippen LogP contribution in [-0.4, -0.2) is 93.2 Å². The van der Waals surface area contributed by atoms with Crippen molar-refractivity contribution in [3.8, 4) is 23.0 Å². The fourth-order valence-corrected chi connectivity index (χ4v) is 8.58. The number of carbonyl (C=O) groups is 5. The maximum Gasteiger partial charge on any atom is 0.209 e. The fraction of sp³-hybridized carbons (Fsp3) is 0.438. The quantitative estimate of drug-likeness (QED) is 0.0217. The molecule has 2 aromatic carbocycles. The molecular formula is C73H100O15. The van der Waals surface area contributed by atoms with Crippen molar-refractivity contribution in [2.75, 3.05) is 7.11 Å². The lowest BCUT2D eigenvalue weighted by Crippen LogP contribution is -2.46. The van der Waals surface area contributed by atoms with E-state index in [4.69, 9.17) is 9.84 Å². The minimum atomic E-state index is -2.24. The lowest BCUT2D eigenvalue weighted by atomic mass is 9.66. The predicted molar refractivity (Wildman–Crippen MR) is 353 cm³/mol. The Morgan fingerprint density at radius 2 is 0.977 bits per heavy atom. The predicted octanol–water partition coefficient (Wildman–Crippen LogP) is 16.3. The molecule has 0 heterocycles. The number of phenols is 3. The van der Waals surface area contributed by atoms with Gasteiger partial charge in [0.1, 0.15) is 62.7 Å². The molecule has 0 bridgehead atoms. The van der Waals surface area contributed by atoms with Crippen LogP contribution in [0.5, 0.6) is 23.0 Å². The number of aliphatic hydroxyl groups excluding tert-OH is 4. The van der Waals surface area contributed by atoms with Crippen LogP contribution in [0.2, 0.25) is 0 Å². The van der Waals surface area contributed by atoms with Crippen LogP contribution in [0.4, 0.5) is 0 Å². The summed E-state index contributed by atoms with van der Waals surface area (Å²) in [6, 6.07) is 7.68. The van der Waals surface area contributed by atoms with Crippen LogP contribution < -0.4 is 4.74 Å². The van der Waals surface area contributed by atoms with E-state index >= 15 is 0 Å². The molecular weight excluding hydrogens is 1120 g/mol. The van der Waals surface area contributed by atoms with E-state index in [-0.39, 0.29) is 125 Å². The number of ether oxygens (including phenoxy) is 1. The van der Waals surface area contributed by atoms with E-state index in [0.29, 0.717) is 6.42 Å². The zero-order chi connectivity index (χ0) is 67.9. The van der Waals surface area contributed by atoms with Crippen LogP contribution in [0.1, 0.15) is 191 Å². The molecule has 0 aromatic heterocycles. The first-order valence-electron chi connectivity index (χ1n) is 29.5. The maximum absolute atomic E-state index is 13.7. The van der Waals surface area contributed by atoms with Gasteiger partial charge in [0.2, 0.25) is 5.78 Å². The van der Waals surface area contributed by atoms with E-state index in [9.17, 15) is 64.8 Å². The second kappa shape index (κ2) is 35.1. The first-order chi connectivity index (χ1) is 40.6. The normalized spacial score (nSPS) is 15.4. The molecule has 15 heteroatoms. The molecule has 4 rings (SSSR count). The number of Topliss-reactive ketones (excluding diaryl/α,β-unsaturated/α-hetero) is 4. The summed E-state index contributed by atoms with van der Waals surface area (Å²) >= 11 is 0. The van der Waals surface area contributed by atoms with Crippen LogP contribution in [-0.2, 0) is 25.6 Å². The van der Waals surface area contributed by atoms with Crippen molar-refractivity contribution in [2.45, 2.75) is 187 Å². The number of carbonyl (C=O) groups excluding carboxylic acids is 5. The Labute approximate surface area is 523 Å². The highest BCUT2D eigenvalue weighted by molar-refractivity contribution is 6.26. The van der Waals surface area contributed by atoms with Gasteiger partial charge < -0.3 is 50.7 Å². The number of phenolic OH excluding ortho intramolecular Hbond substituents is 3. The van der Waals surface area contributed by atoms with Crippen molar-refractivity contribution >= 4 is 35.0 Å². The second-order valence-electron chi connectivity index (χ2n) is 25.1. The first kappa shape index (κ1) is 78.0. The molecule has 15 nitrogen and oxygen atoms in total. The van der Waals surface area contributed by atoms with E-state index in [1.54, 1.807) is 58.1 Å². The Morgan fingerprint density at radius 1 is 0.591 bits per heavy atom. The second-order valence-corrected chi connectivity index (χ2v) is 25.1. The number of methoxy groups -OCH3 is 1. The number of hydrogen-bond acceptors (Lipinski definition) is 15. The number of allylic oxidation sites excluding steroid dienone is 16. The van der Waals surface area contributed by atoms with Gasteiger partial charge in [-0.15, -0.1) is 6.58 Å². The third-order valence-corrected chi connectivity index (χ3v) is 13.8. The molecule has 0 fully saturated rings. The lowest BCUT2D eigenvalue weighted by Gasteiger charge is -2.36. The smallest absolute Gasteiger partial charge is 0.209 e. The molecule has 0 saturated heterocycles. The third-order valence-electron chi connectivity index (χ3n) is 13.8. The monoisotopic (exact) mass is 1220 g/mol. The van der Waals surface area contributed by atoms with Crippen LogP contribution in [0.3, 0.4) is 0 Å². The average molecular weight is 1220 g/mol. The van der Waals surface area contributed by atoms with Crippen molar-refractivity contribution in [3.63, 3.8) is 0 Å². The van der Waals surface area contributed by atoms with Crippen molar-refractivity contribution in [3.05, 3.63) is 181 Å². The van der Waals surface area contributed by atoms with E-state index in [1.807, 2.05) is 121 Å². The molecule has 2 aliphatic carbocycles. The van der Waals surface area contributed by atoms with Gasteiger partial charge in [-0.05, 0) is 165 Å². The first-order valence-corrected chi connectivity index (χ1v) is 29.5. The molecule has 2 aromatic rings. The minimum Gasteiger partial charge on any atom is -0.511 e. The summed E-state index contributed by atoms with van der Waals surface area (Å²) in [4.78, 5) is 64.7. The van der Waals surface area contributed by atoms with Crippen LogP contribution in [0.15, 0.2) is 164 Å². The standard InChI is InChI=1S/C26H38O4.C21H22O5.C21H30O5.C5H10O/c1-16(2)9-10-20-23(28)22(21(27)15-19(7)8)25(30)26(24(20)29,13-11-17(3)4)14-12-18(5)6;1-13(2)4-10-16-18(24)12-19(26-3)20(21(16)25)17(23)11-7-14-5-8-15(22)9-6-14;1-12(2)7-8-15-18(23)17(16(22)11-14(5)6)20(25)21(26,19(15)24)10-9-13(3)4;1-4-5(2,3)6/h9,11-12,19,28-29H,10,13-15H2,1-8H3;4-9,11-12,22,24-25H,10H2,1-3H3;7,9,14,23-24,26H,8,10-11H2,1-6H3;4,6H,1H2,2-3H3/b;11-7+;;/t;;21-;/m..1./s1. The third kappa shape index (κ3) is 23.3. The Balaban J connectivity index is 0.000000631. The molecule has 0 spiro atoms. The number of rotatable bonds is 23. The number of ketones is 5. The summed E-state index contributed by atoms with van der Waals surface area (Å²) in [7, 11) is 1.37. The molecule has 2 aliphatic rings. The average Bonchev–Trinajstić information content (AvgIpc) is 0.798. The fourth-order valence-electron chi connectivity index (χ4n) is 8.58.